The quantitative estimate of drug-likeness (QED) is 0.816. The minimum absolute atomic E-state index is 0.126. The van der Waals surface area contributed by atoms with Crippen LogP contribution in [-0.2, 0) is 11.2 Å². The Bertz CT molecular complexity index is 362. The summed E-state index contributed by atoms with van der Waals surface area (Å²) in [6, 6.07) is 5.78. The maximum Gasteiger partial charge on any atom is 0.237 e. The van der Waals surface area contributed by atoms with Crippen LogP contribution in [0.4, 0.5) is 4.39 Å². The Labute approximate surface area is 101 Å². The number of halogens is 1. The van der Waals surface area contributed by atoms with Gasteiger partial charge >= 0.3 is 0 Å². The summed E-state index contributed by atoms with van der Waals surface area (Å²) in [5, 5.41) is 2.77. The van der Waals surface area contributed by atoms with Crippen molar-refractivity contribution in [1.82, 2.24) is 5.32 Å². The molecule has 0 aliphatic carbocycles. The summed E-state index contributed by atoms with van der Waals surface area (Å²) in [4.78, 5) is 11.5. The first-order chi connectivity index (χ1) is 8.00. The Morgan fingerprint density at radius 3 is 2.47 bits per heavy atom. The van der Waals surface area contributed by atoms with E-state index in [1.54, 1.807) is 12.1 Å². The van der Waals surface area contributed by atoms with Crippen LogP contribution in [0.15, 0.2) is 24.3 Å². The maximum atomic E-state index is 12.6. The van der Waals surface area contributed by atoms with E-state index < -0.39 is 6.04 Å². The second-order valence-electron chi connectivity index (χ2n) is 4.44. The van der Waals surface area contributed by atoms with Crippen molar-refractivity contribution in [2.75, 3.05) is 6.54 Å². The number of carbonyl (C=O) groups excluding carboxylic acids is 1. The average Bonchev–Trinajstić information content (AvgIpc) is 2.30. The predicted molar refractivity (Wildman–Crippen MR) is 65.9 cm³/mol. The Kier molecular flexibility index (Phi) is 5.10. The molecule has 1 amide bonds. The van der Waals surface area contributed by atoms with Gasteiger partial charge in [-0.05, 0) is 30.0 Å². The van der Waals surface area contributed by atoms with E-state index in [4.69, 9.17) is 5.73 Å². The predicted octanol–water partition coefficient (Wildman–Crippen LogP) is 1.47. The first-order valence-corrected chi connectivity index (χ1v) is 5.78. The van der Waals surface area contributed by atoms with Crippen molar-refractivity contribution in [3.05, 3.63) is 35.6 Å². The molecule has 17 heavy (non-hydrogen) atoms. The van der Waals surface area contributed by atoms with Gasteiger partial charge in [-0.2, -0.15) is 0 Å². The summed E-state index contributed by atoms with van der Waals surface area (Å²) < 4.78 is 12.6. The highest BCUT2D eigenvalue weighted by atomic mass is 19.1. The molecule has 1 aromatic carbocycles. The van der Waals surface area contributed by atoms with E-state index in [0.29, 0.717) is 13.0 Å². The topological polar surface area (TPSA) is 55.1 Å². The highest BCUT2D eigenvalue weighted by Crippen LogP contribution is 2.03. The number of amides is 1. The molecule has 1 rings (SSSR count). The number of benzene rings is 1. The Morgan fingerprint density at radius 1 is 1.35 bits per heavy atom. The lowest BCUT2D eigenvalue weighted by Gasteiger charge is -2.15. The zero-order valence-electron chi connectivity index (χ0n) is 10.2. The number of carbonyl (C=O) groups is 1. The lowest BCUT2D eigenvalue weighted by Crippen LogP contribution is -2.44. The summed E-state index contributed by atoms with van der Waals surface area (Å²) in [6.45, 7) is 4.33. The number of hydrogen-bond acceptors (Lipinski definition) is 2. The first-order valence-electron chi connectivity index (χ1n) is 5.78. The van der Waals surface area contributed by atoms with E-state index in [2.05, 4.69) is 5.32 Å². The minimum Gasteiger partial charge on any atom is -0.354 e. The van der Waals surface area contributed by atoms with Gasteiger partial charge in [-0.15, -0.1) is 0 Å². The monoisotopic (exact) mass is 238 g/mol. The average molecular weight is 238 g/mol. The first kappa shape index (κ1) is 13.6. The van der Waals surface area contributed by atoms with Crippen molar-refractivity contribution >= 4 is 5.91 Å². The molecule has 94 valence electrons. The SMILES string of the molecule is CC(C)C(N)C(=O)NCCc1ccc(F)cc1. The second kappa shape index (κ2) is 6.35. The van der Waals surface area contributed by atoms with Gasteiger partial charge in [0.25, 0.3) is 0 Å². The van der Waals surface area contributed by atoms with Crippen LogP contribution in [0.3, 0.4) is 0 Å². The zero-order valence-corrected chi connectivity index (χ0v) is 10.2. The van der Waals surface area contributed by atoms with Crippen LogP contribution < -0.4 is 11.1 Å². The number of hydrogen-bond donors (Lipinski definition) is 2. The van der Waals surface area contributed by atoms with Crippen LogP contribution >= 0.6 is 0 Å². The molecule has 3 nitrogen and oxygen atoms in total. The third-order valence-corrected chi connectivity index (χ3v) is 2.65. The minimum atomic E-state index is -0.469. The zero-order chi connectivity index (χ0) is 12.8. The fraction of sp³-hybridized carbons (Fsp3) is 0.462. The Hall–Kier alpha value is -1.42. The number of nitrogens with two attached hydrogens (primary N) is 1. The van der Waals surface area contributed by atoms with Gasteiger partial charge in [-0.1, -0.05) is 26.0 Å². The molecule has 0 spiro atoms. The van der Waals surface area contributed by atoms with Gasteiger partial charge in [0, 0.05) is 6.54 Å². The summed E-state index contributed by atoms with van der Waals surface area (Å²) in [7, 11) is 0. The van der Waals surface area contributed by atoms with Gasteiger partial charge < -0.3 is 11.1 Å². The van der Waals surface area contributed by atoms with Crippen LogP contribution in [0.1, 0.15) is 19.4 Å². The van der Waals surface area contributed by atoms with Gasteiger partial charge in [0.15, 0.2) is 0 Å². The lowest BCUT2D eigenvalue weighted by molar-refractivity contribution is -0.123. The van der Waals surface area contributed by atoms with Crippen LogP contribution in [0.2, 0.25) is 0 Å². The van der Waals surface area contributed by atoms with Crippen molar-refractivity contribution in [3.63, 3.8) is 0 Å². The van der Waals surface area contributed by atoms with Crippen molar-refractivity contribution in [2.45, 2.75) is 26.3 Å². The molecular weight excluding hydrogens is 219 g/mol. The summed E-state index contributed by atoms with van der Waals surface area (Å²) >= 11 is 0. The third-order valence-electron chi connectivity index (χ3n) is 2.65. The molecule has 0 bridgehead atoms. The molecule has 1 atom stereocenters. The number of nitrogens with one attached hydrogen (secondary N) is 1. The molecule has 1 aromatic rings. The molecule has 4 heteroatoms. The molecule has 0 fully saturated rings. The van der Waals surface area contributed by atoms with Crippen LogP contribution in [0.5, 0.6) is 0 Å². The van der Waals surface area contributed by atoms with Crippen LogP contribution in [0, 0.1) is 11.7 Å². The van der Waals surface area contributed by atoms with Crippen molar-refractivity contribution in [1.29, 1.82) is 0 Å². The van der Waals surface area contributed by atoms with Gasteiger partial charge in [0.05, 0.1) is 6.04 Å². The number of rotatable bonds is 5. The molecular formula is C13H19FN2O. The molecule has 0 radical (unpaired) electrons. The van der Waals surface area contributed by atoms with E-state index in [-0.39, 0.29) is 17.6 Å². The van der Waals surface area contributed by atoms with E-state index in [1.165, 1.54) is 12.1 Å². The van der Waals surface area contributed by atoms with E-state index in [9.17, 15) is 9.18 Å². The van der Waals surface area contributed by atoms with E-state index >= 15 is 0 Å². The van der Waals surface area contributed by atoms with Gasteiger partial charge in [-0.25, -0.2) is 4.39 Å². The smallest absolute Gasteiger partial charge is 0.237 e. The van der Waals surface area contributed by atoms with Gasteiger partial charge in [-0.3, -0.25) is 4.79 Å². The molecule has 1 unspecified atom stereocenters. The summed E-state index contributed by atoms with van der Waals surface area (Å²) in [6.07, 6.45) is 0.677. The second-order valence-corrected chi connectivity index (χ2v) is 4.44. The fourth-order valence-corrected chi connectivity index (χ4v) is 1.40. The summed E-state index contributed by atoms with van der Waals surface area (Å²) in [5.74, 6) is -0.262. The van der Waals surface area contributed by atoms with E-state index in [0.717, 1.165) is 5.56 Å². The van der Waals surface area contributed by atoms with Crippen LogP contribution in [-0.4, -0.2) is 18.5 Å². The molecule has 0 saturated heterocycles. The lowest BCUT2D eigenvalue weighted by atomic mass is 10.0. The molecule has 0 heterocycles. The third kappa shape index (κ3) is 4.53. The normalized spacial score (nSPS) is 12.5. The van der Waals surface area contributed by atoms with Crippen LogP contribution in [0.25, 0.3) is 0 Å². The van der Waals surface area contributed by atoms with Crippen molar-refractivity contribution < 1.29 is 9.18 Å². The Balaban J connectivity index is 2.33. The highest BCUT2D eigenvalue weighted by molar-refractivity contribution is 5.81. The molecule has 0 aliphatic rings. The van der Waals surface area contributed by atoms with Crippen molar-refractivity contribution in [3.8, 4) is 0 Å². The van der Waals surface area contributed by atoms with Gasteiger partial charge in [0.2, 0.25) is 5.91 Å². The molecule has 3 N–H and O–H groups in total. The van der Waals surface area contributed by atoms with Crippen molar-refractivity contribution in [2.24, 2.45) is 11.7 Å². The largest absolute Gasteiger partial charge is 0.354 e. The highest BCUT2D eigenvalue weighted by Gasteiger charge is 2.16. The molecule has 0 aromatic heterocycles. The van der Waals surface area contributed by atoms with E-state index in [1.807, 2.05) is 13.8 Å². The fourth-order valence-electron chi connectivity index (χ4n) is 1.40. The summed E-state index contributed by atoms with van der Waals surface area (Å²) in [5.41, 5.74) is 6.69. The van der Waals surface area contributed by atoms with Gasteiger partial charge in [0.1, 0.15) is 5.82 Å². The Morgan fingerprint density at radius 2 is 1.94 bits per heavy atom. The molecule has 0 saturated carbocycles. The maximum absolute atomic E-state index is 12.6. The molecule has 0 aliphatic heterocycles. The standard InChI is InChI=1S/C13H19FN2O/c1-9(2)12(15)13(17)16-8-7-10-3-5-11(14)6-4-10/h3-6,9,12H,7-8,15H2,1-2H3,(H,16,17).